The van der Waals surface area contributed by atoms with Crippen LogP contribution in [0.25, 0.3) is 22.7 Å². The summed E-state index contributed by atoms with van der Waals surface area (Å²) in [6.07, 6.45) is 1.75. The molecule has 8 heteroatoms. The molecule has 0 unspecified atom stereocenters. The Morgan fingerprint density at radius 2 is 1.91 bits per heavy atom. The normalized spacial score (nSPS) is 11.3. The number of aryl methyl sites for hydroxylation is 2. The van der Waals surface area contributed by atoms with Gasteiger partial charge in [0.05, 0.1) is 27.3 Å². The average Bonchev–Trinajstić information content (AvgIpc) is 3.21. The Balaban J connectivity index is 1.42. The van der Waals surface area contributed by atoms with Crippen molar-refractivity contribution in [3.05, 3.63) is 86.6 Å². The van der Waals surface area contributed by atoms with Crippen molar-refractivity contribution in [1.82, 2.24) is 9.97 Å². The summed E-state index contributed by atoms with van der Waals surface area (Å²) in [5.41, 5.74) is 5.77. The predicted molar refractivity (Wildman–Crippen MR) is 139 cm³/mol. The van der Waals surface area contributed by atoms with E-state index >= 15 is 0 Å². The first-order valence-electron chi connectivity index (χ1n) is 10.4. The summed E-state index contributed by atoms with van der Waals surface area (Å²) in [5.74, 6) is 0.726. The topological polar surface area (TPSA) is 90.8 Å². The standard InChI is InChI=1S/C26H20BrClN4O2/c1-15-9-23-24(10-16(15)2)32-26(31-23)18(13-29)11-17-3-6-20(7-4-17)34-14-25(33)30-22-8-5-19(27)12-21(22)28/h3-12H,14H2,1-2H3,(H,30,33)(H,31,32)/b18-11+. The molecule has 0 spiro atoms. The molecule has 34 heavy (non-hydrogen) atoms. The Morgan fingerprint density at radius 3 is 2.62 bits per heavy atom. The van der Waals surface area contributed by atoms with Gasteiger partial charge in [-0.1, -0.05) is 39.7 Å². The molecule has 170 valence electrons. The summed E-state index contributed by atoms with van der Waals surface area (Å²) in [4.78, 5) is 20.0. The minimum atomic E-state index is -0.324. The molecule has 6 nitrogen and oxygen atoms in total. The first-order chi connectivity index (χ1) is 16.3. The number of nitrogens with zero attached hydrogens (tertiary/aromatic N) is 2. The SMILES string of the molecule is Cc1cc2nc(/C(C#N)=C/c3ccc(OCC(=O)Nc4ccc(Br)cc4Cl)cc3)[nH]c2cc1C. The van der Waals surface area contributed by atoms with Crippen LogP contribution < -0.4 is 10.1 Å². The molecular weight excluding hydrogens is 516 g/mol. The van der Waals surface area contributed by atoms with Crippen molar-refractivity contribution in [1.29, 1.82) is 5.26 Å². The Kier molecular flexibility index (Phi) is 7.01. The molecule has 0 bridgehead atoms. The van der Waals surface area contributed by atoms with Crippen LogP contribution in [0.3, 0.4) is 0 Å². The molecule has 2 N–H and O–H groups in total. The summed E-state index contributed by atoms with van der Waals surface area (Å²) < 4.78 is 6.39. The van der Waals surface area contributed by atoms with E-state index in [2.05, 4.69) is 37.3 Å². The van der Waals surface area contributed by atoms with E-state index in [-0.39, 0.29) is 12.5 Å². The number of benzene rings is 3. The minimum Gasteiger partial charge on any atom is -0.484 e. The highest BCUT2D eigenvalue weighted by molar-refractivity contribution is 9.10. The average molecular weight is 536 g/mol. The van der Waals surface area contributed by atoms with Crippen LogP contribution >= 0.6 is 27.5 Å². The van der Waals surface area contributed by atoms with Crippen molar-refractivity contribution in [2.24, 2.45) is 0 Å². The number of anilines is 1. The van der Waals surface area contributed by atoms with E-state index < -0.39 is 0 Å². The predicted octanol–water partition coefficient (Wildman–Crippen LogP) is 6.68. The van der Waals surface area contributed by atoms with Crippen LogP contribution in [-0.4, -0.2) is 22.5 Å². The number of imidazole rings is 1. The summed E-state index contributed by atoms with van der Waals surface area (Å²) in [5, 5.41) is 12.8. The van der Waals surface area contributed by atoms with Gasteiger partial charge in [0.1, 0.15) is 17.6 Å². The third-order valence-electron chi connectivity index (χ3n) is 5.24. The second-order valence-electron chi connectivity index (χ2n) is 7.74. The van der Waals surface area contributed by atoms with Gasteiger partial charge in [0.2, 0.25) is 0 Å². The van der Waals surface area contributed by atoms with Gasteiger partial charge in [0, 0.05) is 4.47 Å². The van der Waals surface area contributed by atoms with E-state index in [1.54, 1.807) is 36.4 Å². The Bertz CT molecular complexity index is 1410. The fourth-order valence-corrected chi connectivity index (χ4v) is 4.02. The van der Waals surface area contributed by atoms with Gasteiger partial charge in [0.15, 0.2) is 6.61 Å². The van der Waals surface area contributed by atoms with E-state index in [9.17, 15) is 10.1 Å². The van der Waals surface area contributed by atoms with Crippen LogP contribution in [-0.2, 0) is 4.79 Å². The summed E-state index contributed by atoms with van der Waals surface area (Å²) >= 11 is 9.45. The molecule has 1 aromatic heterocycles. The van der Waals surface area contributed by atoms with Gasteiger partial charge in [0.25, 0.3) is 5.91 Å². The number of carbonyl (C=O) groups is 1. The van der Waals surface area contributed by atoms with Gasteiger partial charge in [-0.3, -0.25) is 4.79 Å². The molecule has 0 aliphatic carbocycles. The largest absolute Gasteiger partial charge is 0.484 e. The molecular formula is C26H20BrClN4O2. The maximum atomic E-state index is 12.2. The zero-order valence-corrected chi connectivity index (χ0v) is 20.8. The molecule has 3 aromatic carbocycles. The number of hydrogen-bond donors (Lipinski definition) is 2. The number of rotatable bonds is 6. The fraction of sp³-hybridized carbons (Fsp3) is 0.115. The van der Waals surface area contributed by atoms with Crippen molar-refractivity contribution in [3.8, 4) is 11.8 Å². The lowest BCUT2D eigenvalue weighted by Gasteiger charge is -2.09. The van der Waals surface area contributed by atoms with Crippen LogP contribution in [0.4, 0.5) is 5.69 Å². The summed E-state index contributed by atoms with van der Waals surface area (Å²) in [6, 6.07) is 18.6. The van der Waals surface area contributed by atoms with E-state index in [1.165, 1.54) is 0 Å². The van der Waals surface area contributed by atoms with Gasteiger partial charge in [-0.25, -0.2) is 4.98 Å². The third-order valence-corrected chi connectivity index (χ3v) is 6.05. The number of ether oxygens (including phenoxy) is 1. The van der Waals surface area contributed by atoms with Crippen LogP contribution in [0.5, 0.6) is 5.75 Å². The Morgan fingerprint density at radius 1 is 1.18 bits per heavy atom. The summed E-state index contributed by atoms with van der Waals surface area (Å²) in [6.45, 7) is 3.91. The quantitative estimate of drug-likeness (QED) is 0.270. The lowest BCUT2D eigenvalue weighted by Crippen LogP contribution is -2.20. The highest BCUT2D eigenvalue weighted by Gasteiger charge is 2.10. The number of nitrogens with one attached hydrogen (secondary N) is 2. The molecule has 0 radical (unpaired) electrons. The van der Waals surface area contributed by atoms with Gasteiger partial charge < -0.3 is 15.0 Å². The Hall–Kier alpha value is -3.60. The number of aromatic nitrogens is 2. The van der Waals surface area contributed by atoms with Gasteiger partial charge in [-0.2, -0.15) is 5.26 Å². The zero-order valence-electron chi connectivity index (χ0n) is 18.4. The number of allylic oxidation sites excluding steroid dienone is 1. The van der Waals surface area contributed by atoms with Crippen LogP contribution in [0.1, 0.15) is 22.5 Å². The third kappa shape index (κ3) is 5.48. The minimum absolute atomic E-state index is 0.164. The van der Waals surface area contributed by atoms with E-state index in [4.69, 9.17) is 16.3 Å². The van der Waals surface area contributed by atoms with E-state index in [0.717, 1.165) is 32.2 Å². The second-order valence-corrected chi connectivity index (χ2v) is 9.06. The van der Waals surface area contributed by atoms with Crippen LogP contribution in [0.2, 0.25) is 5.02 Å². The number of nitriles is 1. The fourth-order valence-electron chi connectivity index (χ4n) is 3.30. The lowest BCUT2D eigenvalue weighted by molar-refractivity contribution is -0.118. The number of hydrogen-bond acceptors (Lipinski definition) is 4. The van der Waals surface area contributed by atoms with Crippen molar-refractivity contribution >= 4 is 61.8 Å². The van der Waals surface area contributed by atoms with Gasteiger partial charge in [-0.15, -0.1) is 0 Å². The number of H-pyrrole nitrogens is 1. The molecule has 0 aliphatic rings. The molecule has 4 rings (SSSR count). The molecule has 0 fully saturated rings. The molecule has 0 aliphatic heterocycles. The number of carbonyl (C=O) groups excluding carboxylic acids is 1. The summed E-state index contributed by atoms with van der Waals surface area (Å²) in [7, 11) is 0. The van der Waals surface area contributed by atoms with Crippen molar-refractivity contribution in [2.75, 3.05) is 11.9 Å². The first-order valence-corrected chi connectivity index (χ1v) is 11.6. The van der Waals surface area contributed by atoms with Crippen LogP contribution in [0.15, 0.2) is 59.1 Å². The first kappa shape index (κ1) is 23.6. The number of amides is 1. The second kappa shape index (κ2) is 10.1. The van der Waals surface area contributed by atoms with Crippen molar-refractivity contribution in [2.45, 2.75) is 13.8 Å². The number of halogens is 2. The molecule has 0 saturated carbocycles. The highest BCUT2D eigenvalue weighted by Crippen LogP contribution is 2.26. The molecule has 0 saturated heterocycles. The monoisotopic (exact) mass is 534 g/mol. The highest BCUT2D eigenvalue weighted by atomic mass is 79.9. The molecule has 0 atom stereocenters. The molecule has 4 aromatic rings. The van der Waals surface area contributed by atoms with Gasteiger partial charge in [-0.05, 0) is 79.1 Å². The smallest absolute Gasteiger partial charge is 0.262 e. The van der Waals surface area contributed by atoms with E-state index in [0.29, 0.717) is 27.9 Å². The molecule has 1 amide bonds. The maximum absolute atomic E-state index is 12.2. The number of aromatic amines is 1. The lowest BCUT2D eigenvalue weighted by atomic mass is 10.1. The van der Waals surface area contributed by atoms with Crippen molar-refractivity contribution < 1.29 is 9.53 Å². The Labute approximate surface area is 210 Å². The maximum Gasteiger partial charge on any atom is 0.262 e. The number of fused-ring (bicyclic) bond motifs is 1. The van der Waals surface area contributed by atoms with Crippen LogP contribution in [0, 0.1) is 25.2 Å². The van der Waals surface area contributed by atoms with Gasteiger partial charge >= 0.3 is 0 Å². The molecule has 1 heterocycles. The van der Waals surface area contributed by atoms with E-state index in [1.807, 2.05) is 38.1 Å². The zero-order chi connectivity index (χ0) is 24.2. The van der Waals surface area contributed by atoms with Crippen molar-refractivity contribution in [3.63, 3.8) is 0 Å².